The smallest absolute Gasteiger partial charge is 0.225 e. The summed E-state index contributed by atoms with van der Waals surface area (Å²) in [5.41, 5.74) is 0. The Morgan fingerprint density at radius 3 is 2.00 bits per heavy atom. The van der Waals surface area contributed by atoms with Gasteiger partial charge in [0.2, 0.25) is 5.91 Å². The number of hydrogen-bond donors (Lipinski definition) is 0. The molecule has 4 nitrogen and oxygen atoms in total. The highest BCUT2D eigenvalue weighted by molar-refractivity contribution is 5.79. The van der Waals surface area contributed by atoms with Crippen LogP contribution in [0.3, 0.4) is 0 Å². The molecular weight excluding hydrogens is 242 g/mol. The molecular formula is C15H27NO3. The topological polar surface area (TPSA) is 38.8 Å². The molecule has 0 aromatic heterocycles. The molecule has 0 aliphatic heterocycles. The van der Waals surface area contributed by atoms with Gasteiger partial charge in [0.15, 0.2) is 0 Å². The number of fused-ring (bicyclic) bond motifs is 1. The molecule has 2 atom stereocenters. The van der Waals surface area contributed by atoms with Crippen molar-refractivity contribution < 1.29 is 14.3 Å². The molecule has 2 rings (SSSR count). The second-order valence-corrected chi connectivity index (χ2v) is 5.64. The van der Waals surface area contributed by atoms with Crippen LogP contribution < -0.4 is 0 Å². The predicted octanol–water partition coefficient (Wildman–Crippen LogP) is 1.93. The highest BCUT2D eigenvalue weighted by Crippen LogP contribution is 2.54. The van der Waals surface area contributed by atoms with Crippen molar-refractivity contribution in [1.29, 1.82) is 0 Å². The summed E-state index contributed by atoms with van der Waals surface area (Å²) < 4.78 is 10.8. The molecule has 0 saturated heterocycles. The van der Waals surface area contributed by atoms with Gasteiger partial charge in [0.05, 0.1) is 13.2 Å². The van der Waals surface area contributed by atoms with E-state index >= 15 is 0 Å². The quantitative estimate of drug-likeness (QED) is 0.600. The second kappa shape index (κ2) is 7.25. The van der Waals surface area contributed by atoms with Crippen molar-refractivity contribution >= 4 is 5.91 Å². The summed E-state index contributed by atoms with van der Waals surface area (Å²) in [6.07, 6.45) is 3.59. The summed E-state index contributed by atoms with van der Waals surface area (Å²) >= 11 is 0. The van der Waals surface area contributed by atoms with Gasteiger partial charge >= 0.3 is 0 Å². The van der Waals surface area contributed by atoms with Crippen LogP contribution in [0.15, 0.2) is 0 Å². The zero-order chi connectivity index (χ0) is 13.7. The first-order valence-electron chi connectivity index (χ1n) is 7.70. The summed E-state index contributed by atoms with van der Waals surface area (Å²) in [7, 11) is 0. The Morgan fingerprint density at radius 2 is 1.53 bits per heavy atom. The molecule has 4 heteroatoms. The molecule has 1 amide bonds. The third-order valence-corrected chi connectivity index (χ3v) is 4.32. The largest absolute Gasteiger partial charge is 0.380 e. The van der Waals surface area contributed by atoms with Crippen LogP contribution in [0.5, 0.6) is 0 Å². The number of ether oxygens (including phenoxy) is 2. The Kier molecular flexibility index (Phi) is 5.64. The molecule has 0 aromatic rings. The van der Waals surface area contributed by atoms with Crippen molar-refractivity contribution in [2.75, 3.05) is 39.5 Å². The van der Waals surface area contributed by atoms with E-state index in [0.717, 1.165) is 24.7 Å². The monoisotopic (exact) mass is 269 g/mol. The van der Waals surface area contributed by atoms with E-state index in [2.05, 4.69) is 0 Å². The maximum absolute atomic E-state index is 12.5. The zero-order valence-electron chi connectivity index (χ0n) is 12.3. The van der Waals surface area contributed by atoms with E-state index in [1.807, 2.05) is 18.7 Å². The fourth-order valence-corrected chi connectivity index (χ4v) is 3.14. The van der Waals surface area contributed by atoms with E-state index in [4.69, 9.17) is 9.47 Å². The van der Waals surface area contributed by atoms with Crippen molar-refractivity contribution in [2.24, 2.45) is 17.8 Å². The molecule has 0 spiro atoms. The predicted molar refractivity (Wildman–Crippen MR) is 73.9 cm³/mol. The molecule has 2 saturated carbocycles. The Labute approximate surface area is 116 Å². The molecule has 2 unspecified atom stereocenters. The fraction of sp³-hybridized carbons (Fsp3) is 0.933. The van der Waals surface area contributed by atoms with Gasteiger partial charge in [-0.05, 0) is 44.9 Å². The first-order valence-corrected chi connectivity index (χ1v) is 7.70. The van der Waals surface area contributed by atoms with Crippen molar-refractivity contribution in [2.45, 2.75) is 33.1 Å². The third kappa shape index (κ3) is 4.18. The number of carbonyl (C=O) groups excluding carboxylic acids is 1. The van der Waals surface area contributed by atoms with Crippen molar-refractivity contribution in [1.82, 2.24) is 4.90 Å². The SMILES string of the molecule is CCOCCN(CCOCC)C(=O)C1CC2CC2C1. The van der Waals surface area contributed by atoms with Crippen LogP contribution in [0.4, 0.5) is 0 Å². The molecule has 0 heterocycles. The van der Waals surface area contributed by atoms with Crippen LogP contribution in [0, 0.1) is 17.8 Å². The van der Waals surface area contributed by atoms with Crippen LogP contribution in [0.25, 0.3) is 0 Å². The van der Waals surface area contributed by atoms with Gasteiger partial charge in [-0.2, -0.15) is 0 Å². The van der Waals surface area contributed by atoms with Crippen LogP contribution in [-0.4, -0.2) is 50.3 Å². The van der Waals surface area contributed by atoms with Gasteiger partial charge in [0.25, 0.3) is 0 Å². The number of nitrogens with zero attached hydrogens (tertiary/aromatic N) is 1. The lowest BCUT2D eigenvalue weighted by molar-refractivity contribution is -0.137. The highest BCUT2D eigenvalue weighted by atomic mass is 16.5. The first-order chi connectivity index (χ1) is 9.26. The second-order valence-electron chi connectivity index (χ2n) is 5.64. The fourth-order valence-electron chi connectivity index (χ4n) is 3.14. The van der Waals surface area contributed by atoms with E-state index in [1.165, 1.54) is 6.42 Å². The molecule has 110 valence electrons. The minimum absolute atomic E-state index is 0.270. The average molecular weight is 269 g/mol. The van der Waals surface area contributed by atoms with E-state index in [0.29, 0.717) is 45.4 Å². The van der Waals surface area contributed by atoms with Crippen LogP contribution >= 0.6 is 0 Å². The van der Waals surface area contributed by atoms with Crippen molar-refractivity contribution in [3.05, 3.63) is 0 Å². The molecule has 0 N–H and O–H groups in total. The maximum Gasteiger partial charge on any atom is 0.225 e. The average Bonchev–Trinajstić information content (AvgIpc) is 3.03. The van der Waals surface area contributed by atoms with Crippen molar-refractivity contribution in [3.63, 3.8) is 0 Å². The molecule has 19 heavy (non-hydrogen) atoms. The summed E-state index contributed by atoms with van der Waals surface area (Å²) in [5.74, 6) is 2.31. The number of amides is 1. The molecule has 2 aliphatic carbocycles. The van der Waals surface area contributed by atoms with Gasteiger partial charge < -0.3 is 14.4 Å². The first kappa shape index (κ1) is 14.8. The Balaban J connectivity index is 1.77. The summed E-state index contributed by atoms with van der Waals surface area (Å²) in [4.78, 5) is 14.5. The third-order valence-electron chi connectivity index (χ3n) is 4.32. The lowest BCUT2D eigenvalue weighted by Crippen LogP contribution is -2.40. The summed E-state index contributed by atoms with van der Waals surface area (Å²) in [6, 6.07) is 0. The molecule has 0 aromatic carbocycles. The number of rotatable bonds is 9. The van der Waals surface area contributed by atoms with E-state index in [-0.39, 0.29) is 5.92 Å². The van der Waals surface area contributed by atoms with E-state index in [9.17, 15) is 4.79 Å². The maximum atomic E-state index is 12.5. The summed E-state index contributed by atoms with van der Waals surface area (Å²) in [5, 5.41) is 0. The van der Waals surface area contributed by atoms with Gasteiger partial charge in [0.1, 0.15) is 0 Å². The minimum atomic E-state index is 0.270. The van der Waals surface area contributed by atoms with Crippen LogP contribution in [0.1, 0.15) is 33.1 Å². The van der Waals surface area contributed by atoms with Crippen molar-refractivity contribution in [3.8, 4) is 0 Å². The Bertz CT molecular complexity index is 275. The Hall–Kier alpha value is -0.610. The molecule has 2 fully saturated rings. The molecule has 0 bridgehead atoms. The van der Waals surface area contributed by atoms with Gasteiger partial charge in [0, 0.05) is 32.2 Å². The molecule has 0 radical (unpaired) electrons. The number of hydrogen-bond acceptors (Lipinski definition) is 3. The minimum Gasteiger partial charge on any atom is -0.380 e. The number of carbonyl (C=O) groups is 1. The lowest BCUT2D eigenvalue weighted by atomic mass is 10.0. The van der Waals surface area contributed by atoms with E-state index < -0.39 is 0 Å². The summed E-state index contributed by atoms with van der Waals surface area (Å²) in [6.45, 7) is 8.05. The standard InChI is InChI=1S/C15H27NO3/c1-3-18-7-5-16(6-8-19-4-2)15(17)14-10-12-9-13(12)11-14/h12-14H,3-11H2,1-2H3. The normalized spacial score (nSPS) is 28.2. The van der Waals surface area contributed by atoms with E-state index in [1.54, 1.807) is 0 Å². The zero-order valence-corrected chi connectivity index (χ0v) is 12.3. The van der Waals surface area contributed by atoms with Gasteiger partial charge in [-0.25, -0.2) is 0 Å². The van der Waals surface area contributed by atoms with Crippen LogP contribution in [-0.2, 0) is 14.3 Å². The van der Waals surface area contributed by atoms with Crippen LogP contribution in [0.2, 0.25) is 0 Å². The van der Waals surface area contributed by atoms with Gasteiger partial charge in [-0.15, -0.1) is 0 Å². The lowest BCUT2D eigenvalue weighted by Gasteiger charge is -2.26. The van der Waals surface area contributed by atoms with Gasteiger partial charge in [-0.3, -0.25) is 4.79 Å². The molecule has 2 aliphatic rings. The van der Waals surface area contributed by atoms with Gasteiger partial charge in [-0.1, -0.05) is 0 Å². The Morgan fingerprint density at radius 1 is 1.00 bits per heavy atom. The highest BCUT2D eigenvalue weighted by Gasteiger charge is 2.48.